The molecule has 0 unspecified atom stereocenters. The van der Waals surface area contributed by atoms with Crippen LogP contribution in [0.15, 0.2) is 4.52 Å². The summed E-state index contributed by atoms with van der Waals surface area (Å²) in [7, 11) is 0. The van der Waals surface area contributed by atoms with Crippen LogP contribution in [0.1, 0.15) is 76.9 Å². The SMILES string of the molecule is CCN(CC)Cc1nc(C2(NC(=O)C3CCCC3)CCCC2)no1. The molecule has 0 spiro atoms. The topological polar surface area (TPSA) is 71.3 Å². The van der Waals surface area contributed by atoms with Crippen LogP contribution in [0.5, 0.6) is 0 Å². The van der Waals surface area contributed by atoms with Crippen molar-refractivity contribution in [2.45, 2.75) is 77.3 Å². The smallest absolute Gasteiger partial charge is 0.240 e. The van der Waals surface area contributed by atoms with Gasteiger partial charge in [-0.25, -0.2) is 0 Å². The number of rotatable bonds is 7. The zero-order valence-corrected chi connectivity index (χ0v) is 15.0. The highest BCUT2D eigenvalue weighted by atomic mass is 16.5. The van der Waals surface area contributed by atoms with Gasteiger partial charge in [0.15, 0.2) is 5.82 Å². The molecule has 6 heteroatoms. The Labute approximate surface area is 144 Å². The Morgan fingerprint density at radius 1 is 1.21 bits per heavy atom. The molecule has 0 saturated heterocycles. The van der Waals surface area contributed by atoms with Crippen LogP contribution >= 0.6 is 0 Å². The summed E-state index contributed by atoms with van der Waals surface area (Å²) in [5.74, 6) is 1.68. The quantitative estimate of drug-likeness (QED) is 0.830. The molecule has 1 aromatic rings. The Hall–Kier alpha value is -1.43. The van der Waals surface area contributed by atoms with Gasteiger partial charge < -0.3 is 9.84 Å². The second-order valence-corrected chi connectivity index (χ2v) is 7.23. The van der Waals surface area contributed by atoms with E-state index in [1.807, 2.05) is 0 Å². The minimum Gasteiger partial charge on any atom is -0.343 e. The molecule has 1 amide bonds. The van der Waals surface area contributed by atoms with Crippen molar-refractivity contribution in [3.63, 3.8) is 0 Å². The van der Waals surface area contributed by atoms with Crippen molar-refractivity contribution in [2.75, 3.05) is 13.1 Å². The molecule has 0 aliphatic heterocycles. The molecule has 2 aliphatic carbocycles. The van der Waals surface area contributed by atoms with Crippen molar-refractivity contribution in [2.24, 2.45) is 5.92 Å². The first-order valence-corrected chi connectivity index (χ1v) is 9.54. The first-order chi connectivity index (χ1) is 11.7. The highest BCUT2D eigenvalue weighted by molar-refractivity contribution is 5.79. The number of hydrogen-bond acceptors (Lipinski definition) is 5. The van der Waals surface area contributed by atoms with Gasteiger partial charge in [-0.2, -0.15) is 4.98 Å². The third-order valence-electron chi connectivity index (χ3n) is 5.69. The maximum Gasteiger partial charge on any atom is 0.240 e. The number of nitrogens with zero attached hydrogens (tertiary/aromatic N) is 3. The van der Waals surface area contributed by atoms with Gasteiger partial charge in [0, 0.05) is 5.92 Å². The van der Waals surface area contributed by atoms with Crippen molar-refractivity contribution in [3.05, 3.63) is 11.7 Å². The van der Waals surface area contributed by atoms with Crippen LogP contribution in [0.3, 0.4) is 0 Å². The minimum absolute atomic E-state index is 0.171. The van der Waals surface area contributed by atoms with E-state index in [0.717, 1.165) is 51.6 Å². The molecule has 1 N–H and O–H groups in total. The first kappa shape index (κ1) is 17.4. The monoisotopic (exact) mass is 334 g/mol. The lowest BCUT2D eigenvalue weighted by molar-refractivity contribution is -0.127. The van der Waals surface area contributed by atoms with Gasteiger partial charge in [0.1, 0.15) is 5.54 Å². The molecule has 1 aromatic heterocycles. The van der Waals surface area contributed by atoms with E-state index in [1.54, 1.807) is 0 Å². The van der Waals surface area contributed by atoms with E-state index in [1.165, 1.54) is 12.8 Å². The molecule has 0 atom stereocenters. The van der Waals surface area contributed by atoms with Crippen molar-refractivity contribution in [1.29, 1.82) is 0 Å². The molecule has 1 heterocycles. The summed E-state index contributed by atoms with van der Waals surface area (Å²) >= 11 is 0. The fourth-order valence-electron chi connectivity index (χ4n) is 4.06. The number of nitrogens with one attached hydrogen (secondary N) is 1. The van der Waals surface area contributed by atoms with E-state index in [4.69, 9.17) is 4.52 Å². The average molecular weight is 334 g/mol. The number of amides is 1. The van der Waals surface area contributed by atoms with Gasteiger partial charge in [-0.1, -0.05) is 44.7 Å². The van der Waals surface area contributed by atoms with Gasteiger partial charge >= 0.3 is 0 Å². The van der Waals surface area contributed by atoms with E-state index in [-0.39, 0.29) is 11.8 Å². The Morgan fingerprint density at radius 3 is 2.50 bits per heavy atom. The number of hydrogen-bond donors (Lipinski definition) is 1. The largest absolute Gasteiger partial charge is 0.343 e. The van der Waals surface area contributed by atoms with Gasteiger partial charge in [0.2, 0.25) is 11.8 Å². The van der Waals surface area contributed by atoms with Gasteiger partial charge in [-0.3, -0.25) is 9.69 Å². The Morgan fingerprint density at radius 2 is 1.88 bits per heavy atom. The first-order valence-electron chi connectivity index (χ1n) is 9.54. The zero-order chi connectivity index (χ0) is 17.0. The van der Waals surface area contributed by atoms with Crippen LogP contribution in [0, 0.1) is 5.92 Å². The number of carbonyl (C=O) groups excluding carboxylic acids is 1. The Balaban J connectivity index is 1.73. The molecule has 0 radical (unpaired) electrons. The van der Waals surface area contributed by atoms with Gasteiger partial charge in [0.05, 0.1) is 6.54 Å². The third kappa shape index (κ3) is 3.63. The molecule has 2 aliphatic rings. The predicted molar refractivity (Wildman–Crippen MR) is 91.2 cm³/mol. The standard InChI is InChI=1S/C18H30N4O2/c1-3-22(4-2)13-15-19-17(21-24-15)18(11-7-8-12-18)20-16(23)14-9-5-6-10-14/h14H,3-13H2,1-2H3,(H,20,23). The Kier molecular flexibility index (Phi) is 5.54. The molecule has 0 bridgehead atoms. The summed E-state index contributed by atoms with van der Waals surface area (Å²) in [6.45, 7) is 6.84. The normalized spacial score (nSPS) is 20.8. The lowest BCUT2D eigenvalue weighted by atomic mass is 9.94. The van der Waals surface area contributed by atoms with Crippen LogP contribution in [-0.2, 0) is 16.9 Å². The summed E-state index contributed by atoms with van der Waals surface area (Å²) < 4.78 is 5.49. The van der Waals surface area contributed by atoms with E-state index in [2.05, 4.69) is 34.2 Å². The maximum absolute atomic E-state index is 12.7. The van der Waals surface area contributed by atoms with Crippen LogP contribution in [0.2, 0.25) is 0 Å². The highest BCUT2D eigenvalue weighted by Gasteiger charge is 2.42. The summed E-state index contributed by atoms with van der Waals surface area (Å²) in [5, 5.41) is 7.55. The molecule has 0 aromatic carbocycles. The van der Waals surface area contributed by atoms with Crippen molar-refractivity contribution >= 4 is 5.91 Å². The summed E-state index contributed by atoms with van der Waals surface area (Å²) in [6, 6.07) is 0. The summed E-state index contributed by atoms with van der Waals surface area (Å²) in [5.41, 5.74) is -0.412. The molecule has 2 fully saturated rings. The average Bonchev–Trinajstić information content (AvgIpc) is 3.33. The van der Waals surface area contributed by atoms with Crippen LogP contribution < -0.4 is 5.32 Å². The maximum atomic E-state index is 12.7. The second kappa shape index (κ2) is 7.64. The Bertz CT molecular complexity index is 541. The predicted octanol–water partition coefficient (Wildman–Crippen LogP) is 2.99. The summed E-state index contributed by atoms with van der Waals surface area (Å²) in [4.78, 5) is 19.5. The van der Waals surface area contributed by atoms with E-state index < -0.39 is 5.54 Å². The van der Waals surface area contributed by atoms with Crippen LogP contribution in [-0.4, -0.2) is 34.0 Å². The molecule has 24 heavy (non-hydrogen) atoms. The number of carbonyl (C=O) groups is 1. The zero-order valence-electron chi connectivity index (χ0n) is 15.0. The fraction of sp³-hybridized carbons (Fsp3) is 0.833. The van der Waals surface area contributed by atoms with Crippen molar-refractivity contribution in [1.82, 2.24) is 20.4 Å². The van der Waals surface area contributed by atoms with Crippen molar-refractivity contribution in [3.8, 4) is 0 Å². The minimum atomic E-state index is -0.412. The number of aromatic nitrogens is 2. The lowest BCUT2D eigenvalue weighted by Crippen LogP contribution is -2.46. The third-order valence-corrected chi connectivity index (χ3v) is 5.69. The fourth-order valence-corrected chi connectivity index (χ4v) is 4.06. The molecule has 134 valence electrons. The van der Waals surface area contributed by atoms with Crippen LogP contribution in [0.25, 0.3) is 0 Å². The van der Waals surface area contributed by atoms with E-state index in [0.29, 0.717) is 18.3 Å². The van der Waals surface area contributed by atoms with Crippen molar-refractivity contribution < 1.29 is 9.32 Å². The molecule has 3 rings (SSSR count). The van der Waals surface area contributed by atoms with Crippen LogP contribution in [0.4, 0.5) is 0 Å². The van der Waals surface area contributed by atoms with E-state index >= 15 is 0 Å². The summed E-state index contributed by atoms with van der Waals surface area (Å²) in [6.07, 6.45) is 8.40. The highest BCUT2D eigenvalue weighted by Crippen LogP contribution is 2.38. The van der Waals surface area contributed by atoms with E-state index in [9.17, 15) is 4.79 Å². The lowest BCUT2D eigenvalue weighted by Gasteiger charge is -2.28. The van der Waals surface area contributed by atoms with Gasteiger partial charge in [0.25, 0.3) is 0 Å². The molecule has 6 nitrogen and oxygen atoms in total. The molecular formula is C18H30N4O2. The molecular weight excluding hydrogens is 304 g/mol. The van der Waals surface area contributed by atoms with Gasteiger partial charge in [-0.05, 0) is 38.8 Å². The second-order valence-electron chi connectivity index (χ2n) is 7.23. The van der Waals surface area contributed by atoms with Gasteiger partial charge in [-0.15, -0.1) is 0 Å². The molecule has 2 saturated carbocycles.